The van der Waals surface area contributed by atoms with E-state index in [9.17, 15) is 0 Å². The van der Waals surface area contributed by atoms with Crippen LogP contribution in [0.4, 0.5) is 0 Å². The molecule has 1 aliphatic rings. The molecule has 1 aliphatic heterocycles. The van der Waals surface area contributed by atoms with E-state index in [4.69, 9.17) is 10.00 Å². The molecule has 2 heterocycles. The van der Waals surface area contributed by atoms with Gasteiger partial charge >= 0.3 is 0 Å². The molecule has 0 aliphatic carbocycles. The lowest BCUT2D eigenvalue weighted by Gasteiger charge is -2.20. The molecule has 0 saturated carbocycles. The highest BCUT2D eigenvalue weighted by molar-refractivity contribution is 5.75. The molecule has 0 N–H and O–H groups in total. The lowest BCUT2D eigenvalue weighted by Crippen LogP contribution is -2.06. The van der Waals surface area contributed by atoms with E-state index in [1.165, 1.54) is 5.56 Å². The van der Waals surface area contributed by atoms with E-state index >= 15 is 0 Å². The Hall–Kier alpha value is -2.34. The zero-order valence-electron chi connectivity index (χ0n) is 9.40. The molecule has 3 nitrogen and oxygen atoms in total. The monoisotopic (exact) mass is 222 g/mol. The second-order valence-corrected chi connectivity index (χ2v) is 4.13. The van der Waals surface area contributed by atoms with Gasteiger partial charge in [0.1, 0.15) is 24.1 Å². The van der Waals surface area contributed by atoms with Crippen LogP contribution in [-0.4, -0.2) is 4.98 Å². The van der Waals surface area contributed by atoms with Gasteiger partial charge in [-0.3, -0.25) is 0 Å². The summed E-state index contributed by atoms with van der Waals surface area (Å²) < 4.78 is 5.69. The second-order valence-electron chi connectivity index (χ2n) is 4.13. The van der Waals surface area contributed by atoms with Crippen LogP contribution in [0.1, 0.15) is 16.8 Å². The number of hydrogen-bond acceptors (Lipinski definition) is 3. The molecule has 3 heteroatoms. The second kappa shape index (κ2) is 3.60. The zero-order valence-corrected chi connectivity index (χ0v) is 9.40. The van der Waals surface area contributed by atoms with E-state index < -0.39 is 0 Å². The maximum absolute atomic E-state index is 8.82. The summed E-state index contributed by atoms with van der Waals surface area (Å²) in [6, 6.07) is 9.95. The minimum absolute atomic E-state index is 0.433. The molecular formula is C14H10N2O. The van der Waals surface area contributed by atoms with Crippen LogP contribution in [0.15, 0.2) is 30.5 Å². The highest BCUT2D eigenvalue weighted by atomic mass is 16.5. The molecule has 0 radical (unpaired) electrons. The molecular weight excluding hydrogens is 212 g/mol. The maximum Gasteiger partial charge on any atom is 0.140 e. The fourth-order valence-electron chi connectivity index (χ4n) is 2.05. The number of pyridine rings is 1. The van der Waals surface area contributed by atoms with Crippen molar-refractivity contribution in [3.8, 4) is 22.9 Å². The van der Waals surface area contributed by atoms with E-state index in [2.05, 4.69) is 11.1 Å². The average Bonchev–Trinajstić information content (AvgIpc) is 2.37. The quantitative estimate of drug-likeness (QED) is 0.688. The molecule has 82 valence electrons. The molecule has 1 aromatic carbocycles. The van der Waals surface area contributed by atoms with Gasteiger partial charge in [-0.25, -0.2) is 4.98 Å². The molecule has 0 saturated heterocycles. The summed E-state index contributed by atoms with van der Waals surface area (Å²) in [5.41, 5.74) is 4.74. The number of aromatic nitrogens is 1. The van der Waals surface area contributed by atoms with Crippen LogP contribution in [0.5, 0.6) is 5.75 Å². The summed E-state index contributed by atoms with van der Waals surface area (Å²) in [6.45, 7) is 2.54. The van der Waals surface area contributed by atoms with Gasteiger partial charge in [0.2, 0.25) is 0 Å². The summed E-state index contributed by atoms with van der Waals surface area (Å²) in [4.78, 5) is 4.12. The number of ether oxygens (including phenoxy) is 1. The van der Waals surface area contributed by atoms with E-state index in [1.54, 1.807) is 12.3 Å². The standard InChI is InChI=1S/C14H10N2O/c1-9-2-3-12-13-7-16-11(6-15)5-10(13)8-17-14(12)4-9/h2-5,7H,8H2,1H3. The Morgan fingerprint density at radius 3 is 3.00 bits per heavy atom. The molecule has 1 aromatic heterocycles. The van der Waals surface area contributed by atoms with E-state index in [1.807, 2.05) is 25.1 Å². The largest absolute Gasteiger partial charge is 0.488 e. The van der Waals surface area contributed by atoms with Crippen molar-refractivity contribution in [1.29, 1.82) is 5.26 Å². The van der Waals surface area contributed by atoms with Gasteiger partial charge in [0.15, 0.2) is 0 Å². The molecule has 3 rings (SSSR count). The third-order valence-electron chi connectivity index (χ3n) is 2.91. The topological polar surface area (TPSA) is 45.9 Å². The van der Waals surface area contributed by atoms with Gasteiger partial charge in [-0.2, -0.15) is 5.26 Å². The summed E-state index contributed by atoms with van der Waals surface area (Å²) >= 11 is 0. The van der Waals surface area contributed by atoms with Crippen molar-refractivity contribution in [2.75, 3.05) is 0 Å². The molecule has 0 atom stereocenters. The average molecular weight is 222 g/mol. The predicted molar refractivity (Wildman–Crippen MR) is 63.5 cm³/mol. The molecule has 0 amide bonds. The first-order chi connectivity index (χ1) is 8.28. The summed E-state index contributed by atoms with van der Waals surface area (Å²) in [5, 5.41) is 8.82. The Balaban J connectivity index is 2.21. The Morgan fingerprint density at radius 1 is 1.29 bits per heavy atom. The Bertz CT molecular complexity index is 641. The Labute approximate surface area is 99.3 Å². The van der Waals surface area contributed by atoms with Crippen LogP contribution < -0.4 is 4.74 Å². The van der Waals surface area contributed by atoms with E-state index in [-0.39, 0.29) is 0 Å². The number of fused-ring (bicyclic) bond motifs is 3. The fraction of sp³-hybridized carbons (Fsp3) is 0.143. The number of nitriles is 1. The first-order valence-corrected chi connectivity index (χ1v) is 5.41. The summed E-state index contributed by atoms with van der Waals surface area (Å²) in [6.07, 6.45) is 1.75. The molecule has 2 aromatic rings. The number of rotatable bonds is 0. The van der Waals surface area contributed by atoms with Gasteiger partial charge in [-0.1, -0.05) is 12.1 Å². The molecule has 0 fully saturated rings. The van der Waals surface area contributed by atoms with Crippen molar-refractivity contribution in [3.05, 3.63) is 47.3 Å². The lowest BCUT2D eigenvalue weighted by molar-refractivity contribution is 0.302. The fourth-order valence-corrected chi connectivity index (χ4v) is 2.05. The van der Waals surface area contributed by atoms with Crippen LogP contribution in [0.2, 0.25) is 0 Å². The molecule has 0 spiro atoms. The van der Waals surface area contributed by atoms with Crippen LogP contribution >= 0.6 is 0 Å². The molecule has 0 unspecified atom stereocenters. The Kier molecular flexibility index (Phi) is 2.09. The van der Waals surface area contributed by atoms with Crippen molar-refractivity contribution in [2.45, 2.75) is 13.5 Å². The van der Waals surface area contributed by atoms with Gasteiger partial charge in [0.25, 0.3) is 0 Å². The van der Waals surface area contributed by atoms with Crippen LogP contribution in [0.25, 0.3) is 11.1 Å². The van der Waals surface area contributed by atoms with Crippen molar-refractivity contribution in [3.63, 3.8) is 0 Å². The van der Waals surface area contributed by atoms with E-state index in [0.717, 1.165) is 22.4 Å². The van der Waals surface area contributed by atoms with Crippen molar-refractivity contribution < 1.29 is 4.74 Å². The third-order valence-corrected chi connectivity index (χ3v) is 2.91. The number of hydrogen-bond donors (Lipinski definition) is 0. The Morgan fingerprint density at radius 2 is 2.18 bits per heavy atom. The van der Waals surface area contributed by atoms with Gasteiger partial charge in [-0.15, -0.1) is 0 Å². The highest BCUT2D eigenvalue weighted by Crippen LogP contribution is 2.37. The maximum atomic E-state index is 8.82. The number of nitrogens with zero attached hydrogens (tertiary/aromatic N) is 2. The third kappa shape index (κ3) is 1.55. The first kappa shape index (κ1) is 9.86. The molecule has 17 heavy (non-hydrogen) atoms. The van der Waals surface area contributed by atoms with Crippen molar-refractivity contribution in [2.24, 2.45) is 0 Å². The minimum Gasteiger partial charge on any atom is -0.488 e. The predicted octanol–water partition coefficient (Wildman–Crippen LogP) is 2.82. The smallest absolute Gasteiger partial charge is 0.140 e. The van der Waals surface area contributed by atoms with Gasteiger partial charge < -0.3 is 4.74 Å². The van der Waals surface area contributed by atoms with Gasteiger partial charge in [0.05, 0.1) is 0 Å². The minimum atomic E-state index is 0.433. The first-order valence-electron chi connectivity index (χ1n) is 5.41. The normalized spacial score (nSPS) is 12.0. The van der Waals surface area contributed by atoms with Gasteiger partial charge in [0, 0.05) is 22.9 Å². The van der Waals surface area contributed by atoms with Gasteiger partial charge in [-0.05, 0) is 24.6 Å². The van der Waals surface area contributed by atoms with Crippen LogP contribution in [0, 0.1) is 18.3 Å². The van der Waals surface area contributed by atoms with Crippen molar-refractivity contribution >= 4 is 0 Å². The zero-order chi connectivity index (χ0) is 11.8. The van der Waals surface area contributed by atoms with Crippen LogP contribution in [-0.2, 0) is 6.61 Å². The van der Waals surface area contributed by atoms with Crippen LogP contribution in [0.3, 0.4) is 0 Å². The SMILES string of the molecule is Cc1ccc2c(c1)OCc1cc(C#N)ncc1-2. The number of benzene rings is 1. The molecule has 0 bridgehead atoms. The van der Waals surface area contributed by atoms with E-state index in [0.29, 0.717) is 12.3 Å². The summed E-state index contributed by atoms with van der Waals surface area (Å²) in [7, 11) is 0. The number of aryl methyl sites for hydroxylation is 1. The van der Waals surface area contributed by atoms with Crippen molar-refractivity contribution in [1.82, 2.24) is 4.98 Å². The lowest BCUT2D eigenvalue weighted by atomic mass is 9.97. The highest BCUT2D eigenvalue weighted by Gasteiger charge is 2.17. The summed E-state index contributed by atoms with van der Waals surface area (Å²) in [5.74, 6) is 0.893.